The molecular formula is C30H22N2O2S2. The molecule has 176 valence electrons. The van der Waals surface area contributed by atoms with Crippen LogP contribution in [-0.2, 0) is 0 Å². The molecule has 6 aromatic carbocycles. The first-order valence-corrected chi connectivity index (χ1v) is 12.1. The lowest BCUT2D eigenvalue weighted by Crippen LogP contribution is -2.23. The number of aliphatic hydroxyl groups excluding tert-OH is 2. The molecule has 0 saturated carbocycles. The molecule has 0 fully saturated rings. The van der Waals surface area contributed by atoms with Crippen LogP contribution in [0.5, 0.6) is 0 Å². The van der Waals surface area contributed by atoms with Crippen molar-refractivity contribution in [2.75, 3.05) is 4.90 Å². The molecule has 0 radical (unpaired) electrons. The Bertz CT molecular complexity index is 1660. The highest BCUT2D eigenvalue weighted by atomic mass is 32.1. The molecule has 0 spiro atoms. The number of nitrogens with two attached hydrogens (primary N) is 1. The highest BCUT2D eigenvalue weighted by molar-refractivity contribution is 7.80. The molecular weight excluding hydrogens is 484 g/mol. The summed E-state index contributed by atoms with van der Waals surface area (Å²) >= 11 is 9.25. The van der Waals surface area contributed by atoms with E-state index in [9.17, 15) is 5.11 Å². The van der Waals surface area contributed by atoms with E-state index in [1.54, 1.807) is 4.90 Å². The van der Waals surface area contributed by atoms with Gasteiger partial charge in [0.05, 0.1) is 11.4 Å². The van der Waals surface area contributed by atoms with Gasteiger partial charge in [-0.1, -0.05) is 97.1 Å². The van der Waals surface area contributed by atoms with Gasteiger partial charge in [0.2, 0.25) is 0 Å². The summed E-state index contributed by atoms with van der Waals surface area (Å²) in [6.07, 6.45) is 0. The summed E-state index contributed by atoms with van der Waals surface area (Å²) in [4.78, 5) is 1.78. The van der Waals surface area contributed by atoms with E-state index in [-0.39, 0.29) is 5.17 Å². The summed E-state index contributed by atoms with van der Waals surface area (Å²) < 4.78 is 0. The van der Waals surface area contributed by atoms with Gasteiger partial charge in [-0.3, -0.25) is 4.90 Å². The van der Waals surface area contributed by atoms with Crippen molar-refractivity contribution in [2.45, 2.75) is 0 Å². The third-order valence-electron chi connectivity index (χ3n) is 6.20. The van der Waals surface area contributed by atoms with Gasteiger partial charge in [0.15, 0.2) is 0 Å². The monoisotopic (exact) mass is 506 g/mol. The van der Waals surface area contributed by atoms with E-state index in [1.165, 1.54) is 21.5 Å². The highest BCUT2D eigenvalue weighted by Gasteiger charge is 2.19. The number of nitrogens with zero attached hydrogens (tertiary/aromatic N) is 1. The summed E-state index contributed by atoms with van der Waals surface area (Å²) in [5.74, 6) is 0. The van der Waals surface area contributed by atoms with Crippen molar-refractivity contribution in [2.24, 2.45) is 5.73 Å². The first-order chi connectivity index (χ1) is 17.5. The molecule has 0 saturated heterocycles. The van der Waals surface area contributed by atoms with Gasteiger partial charge in [-0.25, -0.2) is 0 Å². The zero-order chi connectivity index (χ0) is 25.2. The summed E-state index contributed by atoms with van der Waals surface area (Å²) in [6.45, 7) is 0. The van der Waals surface area contributed by atoms with Gasteiger partial charge in [0.1, 0.15) is 0 Å². The van der Waals surface area contributed by atoms with Crippen LogP contribution in [0.3, 0.4) is 0 Å². The standard InChI is InChI=1S/C29H19NOS.CH3NOS/c31-29(32)30(27-13-5-11-23-21-9-3-1-7-19(21)15-17-25(23)27)28-14-6-12-24-22-10-4-2-8-20(22)16-18-26(24)28;2-1(3)4/h1-18H,(H,31,32);(H3,2,3,4). The van der Waals surface area contributed by atoms with Crippen molar-refractivity contribution >= 4 is 89.2 Å². The van der Waals surface area contributed by atoms with Gasteiger partial charge in [-0.15, -0.1) is 0 Å². The normalized spacial score (nSPS) is 10.8. The smallest absolute Gasteiger partial charge is 0.266 e. The van der Waals surface area contributed by atoms with Crippen LogP contribution >= 0.6 is 24.4 Å². The Labute approximate surface area is 218 Å². The maximum absolute atomic E-state index is 10.7. The maximum Gasteiger partial charge on any atom is 0.266 e. The minimum Gasteiger partial charge on any atom is -0.487 e. The van der Waals surface area contributed by atoms with Crippen molar-refractivity contribution in [3.8, 4) is 0 Å². The van der Waals surface area contributed by atoms with Crippen LogP contribution in [-0.4, -0.2) is 20.6 Å². The fraction of sp³-hybridized carbons (Fsp3) is 0. The molecule has 36 heavy (non-hydrogen) atoms. The van der Waals surface area contributed by atoms with E-state index in [0.29, 0.717) is 0 Å². The van der Waals surface area contributed by atoms with Gasteiger partial charge in [-0.05, 0) is 68.9 Å². The Kier molecular flexibility index (Phi) is 6.38. The van der Waals surface area contributed by atoms with Crippen LogP contribution in [0.25, 0.3) is 43.1 Å². The largest absolute Gasteiger partial charge is 0.487 e. The first-order valence-electron chi connectivity index (χ1n) is 11.3. The van der Waals surface area contributed by atoms with Crippen LogP contribution in [0.1, 0.15) is 0 Å². The molecule has 0 bridgehead atoms. The number of hydrogen-bond donors (Lipinski definition) is 3. The van der Waals surface area contributed by atoms with Crippen molar-refractivity contribution in [3.05, 3.63) is 109 Å². The van der Waals surface area contributed by atoms with Gasteiger partial charge >= 0.3 is 0 Å². The van der Waals surface area contributed by atoms with Crippen molar-refractivity contribution in [3.63, 3.8) is 0 Å². The van der Waals surface area contributed by atoms with Crippen LogP contribution in [0.4, 0.5) is 11.4 Å². The number of benzene rings is 6. The van der Waals surface area contributed by atoms with E-state index in [0.717, 1.165) is 32.9 Å². The molecule has 0 amide bonds. The molecule has 0 aliphatic rings. The lowest BCUT2D eigenvalue weighted by atomic mass is 9.98. The topological polar surface area (TPSA) is 69.7 Å². The molecule has 4 nitrogen and oxygen atoms in total. The van der Waals surface area contributed by atoms with Gasteiger partial charge in [0, 0.05) is 10.8 Å². The third kappa shape index (κ3) is 4.28. The number of aliphatic hydroxyl groups is 2. The molecule has 0 heterocycles. The Hall–Kier alpha value is -4.26. The molecule has 6 aromatic rings. The average molecular weight is 507 g/mol. The molecule has 4 N–H and O–H groups in total. The highest BCUT2D eigenvalue weighted by Crippen LogP contribution is 2.39. The van der Waals surface area contributed by atoms with E-state index in [2.05, 4.69) is 90.7 Å². The Morgan fingerprint density at radius 3 is 1.31 bits per heavy atom. The van der Waals surface area contributed by atoms with E-state index in [1.807, 2.05) is 36.4 Å². The predicted octanol–water partition coefficient (Wildman–Crippen LogP) is 8.07. The number of hydrogen-bond acceptors (Lipinski definition) is 2. The summed E-state index contributed by atoms with van der Waals surface area (Å²) in [5, 5.41) is 26.7. The van der Waals surface area contributed by atoms with Crippen LogP contribution in [0.2, 0.25) is 0 Å². The van der Waals surface area contributed by atoms with E-state index >= 15 is 0 Å². The van der Waals surface area contributed by atoms with Gasteiger partial charge < -0.3 is 15.9 Å². The summed E-state index contributed by atoms with van der Waals surface area (Å²) in [5.41, 5.74) is 6.12. The average Bonchev–Trinajstić information content (AvgIpc) is 2.88. The van der Waals surface area contributed by atoms with Crippen LogP contribution in [0, 0.1) is 0 Å². The molecule has 6 heteroatoms. The molecule has 0 aliphatic carbocycles. The Morgan fingerprint density at radius 2 is 0.889 bits per heavy atom. The zero-order valence-electron chi connectivity index (χ0n) is 19.1. The van der Waals surface area contributed by atoms with Crippen molar-refractivity contribution < 1.29 is 10.2 Å². The lowest BCUT2D eigenvalue weighted by Gasteiger charge is -2.25. The summed E-state index contributed by atoms with van der Waals surface area (Å²) in [7, 11) is 0. The van der Waals surface area contributed by atoms with E-state index in [4.69, 9.17) is 17.3 Å². The molecule has 0 atom stereocenters. The zero-order valence-corrected chi connectivity index (χ0v) is 20.8. The Balaban J connectivity index is 0.000000623. The second-order valence-corrected chi connectivity index (χ2v) is 9.06. The second-order valence-electron chi connectivity index (χ2n) is 8.27. The second kappa shape index (κ2) is 9.77. The third-order valence-corrected chi connectivity index (χ3v) is 6.38. The number of fused-ring (bicyclic) bond motifs is 6. The fourth-order valence-corrected chi connectivity index (χ4v) is 4.97. The maximum atomic E-state index is 10.7. The number of anilines is 2. The molecule has 0 unspecified atom stereocenters. The van der Waals surface area contributed by atoms with Crippen molar-refractivity contribution in [1.29, 1.82) is 0 Å². The minimum atomic E-state index is -0.500. The fourth-order valence-electron chi connectivity index (χ4n) is 4.77. The summed E-state index contributed by atoms with van der Waals surface area (Å²) in [6, 6.07) is 37.5. The first kappa shape index (κ1) is 23.5. The SMILES string of the molecule is NC(O)=S.OC(=S)N(c1cccc2c1ccc1ccccc12)c1cccc2c1ccc1ccccc12. The van der Waals surface area contributed by atoms with Gasteiger partial charge in [0.25, 0.3) is 10.3 Å². The van der Waals surface area contributed by atoms with Gasteiger partial charge in [-0.2, -0.15) is 0 Å². The Morgan fingerprint density at radius 1 is 0.500 bits per heavy atom. The molecule has 6 rings (SSSR count). The van der Waals surface area contributed by atoms with Crippen LogP contribution < -0.4 is 10.6 Å². The van der Waals surface area contributed by atoms with Crippen molar-refractivity contribution in [1.82, 2.24) is 0 Å². The molecule has 0 aromatic heterocycles. The number of rotatable bonds is 2. The minimum absolute atomic E-state index is 0.175. The predicted molar refractivity (Wildman–Crippen MR) is 160 cm³/mol. The van der Waals surface area contributed by atoms with E-state index < -0.39 is 5.17 Å². The lowest BCUT2D eigenvalue weighted by molar-refractivity contribution is 0.558. The number of thiocarbonyl (C=S) groups is 2. The molecule has 0 aliphatic heterocycles. The quantitative estimate of drug-likeness (QED) is 0.163. The van der Waals surface area contributed by atoms with Crippen LogP contribution in [0.15, 0.2) is 109 Å².